The zero-order valence-corrected chi connectivity index (χ0v) is 12.5. The quantitative estimate of drug-likeness (QED) is 0.797. The molecule has 2 rings (SSSR count). The van der Waals surface area contributed by atoms with Gasteiger partial charge in [-0.15, -0.1) is 0 Å². The van der Waals surface area contributed by atoms with E-state index >= 15 is 0 Å². The number of rotatable bonds is 4. The van der Waals surface area contributed by atoms with Crippen molar-refractivity contribution >= 4 is 5.82 Å². The van der Waals surface area contributed by atoms with Crippen LogP contribution >= 0.6 is 0 Å². The minimum atomic E-state index is -0.915. The van der Waals surface area contributed by atoms with Crippen molar-refractivity contribution in [1.82, 2.24) is 9.55 Å². The molecule has 4 atom stereocenters. The highest BCUT2D eigenvalue weighted by atomic mass is 16.8. The van der Waals surface area contributed by atoms with Crippen LogP contribution in [0.2, 0.25) is 0 Å². The topological polar surface area (TPSA) is 109 Å². The Morgan fingerprint density at radius 2 is 2.19 bits per heavy atom. The van der Waals surface area contributed by atoms with Crippen LogP contribution in [0.25, 0.3) is 0 Å². The van der Waals surface area contributed by atoms with Gasteiger partial charge in [-0.2, -0.15) is 4.98 Å². The average Bonchev–Trinajstić information content (AvgIpc) is 2.65. The molecular weight excluding hydrogens is 278 g/mol. The SMILES string of the molecule is CO[C@H]([C@H]1OC(C)(C)O[C@@H]1n1ccc(N)nc1=O)[C@H](C)O. The van der Waals surface area contributed by atoms with Crippen molar-refractivity contribution in [2.45, 2.75) is 51.1 Å². The van der Waals surface area contributed by atoms with Gasteiger partial charge in [-0.3, -0.25) is 4.57 Å². The van der Waals surface area contributed by atoms with E-state index in [-0.39, 0.29) is 5.82 Å². The van der Waals surface area contributed by atoms with Crippen LogP contribution in [-0.2, 0) is 14.2 Å². The van der Waals surface area contributed by atoms with E-state index in [4.69, 9.17) is 19.9 Å². The van der Waals surface area contributed by atoms with Crippen LogP contribution in [0, 0.1) is 0 Å². The summed E-state index contributed by atoms with van der Waals surface area (Å²) < 4.78 is 18.1. The van der Waals surface area contributed by atoms with Crippen LogP contribution in [-0.4, -0.2) is 45.9 Å². The molecule has 0 saturated carbocycles. The van der Waals surface area contributed by atoms with Crippen LogP contribution in [0.1, 0.15) is 27.0 Å². The molecule has 3 N–H and O–H groups in total. The van der Waals surface area contributed by atoms with E-state index in [1.165, 1.54) is 23.9 Å². The molecule has 0 unspecified atom stereocenters. The Hall–Kier alpha value is -1.48. The molecule has 1 aromatic heterocycles. The Bertz CT molecular complexity index is 557. The number of methoxy groups -OCH3 is 1. The fourth-order valence-corrected chi connectivity index (χ4v) is 2.44. The minimum absolute atomic E-state index is 0.129. The van der Waals surface area contributed by atoms with Gasteiger partial charge in [0.05, 0.1) is 6.10 Å². The Kier molecular flexibility index (Phi) is 4.33. The summed E-state index contributed by atoms with van der Waals surface area (Å²) >= 11 is 0. The summed E-state index contributed by atoms with van der Waals surface area (Å²) in [4.78, 5) is 15.7. The summed E-state index contributed by atoms with van der Waals surface area (Å²) in [6.07, 6.45) is -1.38. The smallest absolute Gasteiger partial charge is 0.351 e. The van der Waals surface area contributed by atoms with Gasteiger partial charge in [-0.05, 0) is 26.8 Å². The second-order valence-corrected chi connectivity index (χ2v) is 5.47. The van der Waals surface area contributed by atoms with E-state index in [9.17, 15) is 9.90 Å². The summed E-state index contributed by atoms with van der Waals surface area (Å²) in [5.41, 5.74) is 4.94. The van der Waals surface area contributed by atoms with Crippen molar-refractivity contribution in [3.63, 3.8) is 0 Å². The first-order chi connectivity index (χ1) is 9.75. The van der Waals surface area contributed by atoms with E-state index in [0.717, 1.165) is 0 Å². The molecular formula is C13H21N3O5. The predicted molar refractivity (Wildman–Crippen MR) is 74.5 cm³/mol. The van der Waals surface area contributed by atoms with Crippen molar-refractivity contribution in [3.05, 3.63) is 22.7 Å². The van der Waals surface area contributed by atoms with Gasteiger partial charge in [0.1, 0.15) is 18.0 Å². The third kappa shape index (κ3) is 3.24. The van der Waals surface area contributed by atoms with Crippen molar-refractivity contribution < 1.29 is 19.3 Å². The van der Waals surface area contributed by atoms with Gasteiger partial charge in [0.25, 0.3) is 0 Å². The summed E-state index contributed by atoms with van der Waals surface area (Å²) in [6.45, 7) is 5.04. The highest BCUT2D eigenvalue weighted by Gasteiger charge is 2.48. The van der Waals surface area contributed by atoms with Crippen molar-refractivity contribution in [2.24, 2.45) is 0 Å². The van der Waals surface area contributed by atoms with E-state index < -0.39 is 36.0 Å². The number of hydrogen-bond donors (Lipinski definition) is 2. The Morgan fingerprint density at radius 3 is 2.71 bits per heavy atom. The molecule has 0 amide bonds. The second kappa shape index (κ2) is 5.72. The monoisotopic (exact) mass is 299 g/mol. The lowest BCUT2D eigenvalue weighted by atomic mass is 10.1. The molecule has 1 fully saturated rings. The zero-order chi connectivity index (χ0) is 15.8. The fraction of sp³-hybridized carbons (Fsp3) is 0.692. The summed E-state index contributed by atoms with van der Waals surface area (Å²) in [5, 5.41) is 9.84. The number of aromatic nitrogens is 2. The van der Waals surface area contributed by atoms with E-state index in [0.29, 0.717) is 0 Å². The Labute approximate surface area is 122 Å². The molecule has 0 bridgehead atoms. The lowest BCUT2D eigenvalue weighted by Crippen LogP contribution is -2.44. The third-order valence-corrected chi connectivity index (χ3v) is 3.30. The molecule has 1 aromatic rings. The van der Waals surface area contributed by atoms with Crippen molar-refractivity contribution in [3.8, 4) is 0 Å². The molecule has 0 radical (unpaired) electrons. The van der Waals surface area contributed by atoms with Crippen LogP contribution < -0.4 is 11.4 Å². The molecule has 0 aliphatic carbocycles. The van der Waals surface area contributed by atoms with Gasteiger partial charge in [-0.1, -0.05) is 0 Å². The predicted octanol–water partition coefficient (Wildman–Crippen LogP) is -0.129. The van der Waals surface area contributed by atoms with Gasteiger partial charge in [0, 0.05) is 13.3 Å². The normalized spacial score (nSPS) is 27.5. The van der Waals surface area contributed by atoms with Crippen LogP contribution in [0.4, 0.5) is 5.82 Å². The molecule has 2 heterocycles. The number of nitrogens with zero attached hydrogens (tertiary/aromatic N) is 2. The van der Waals surface area contributed by atoms with Crippen molar-refractivity contribution in [2.75, 3.05) is 12.8 Å². The van der Waals surface area contributed by atoms with E-state index in [2.05, 4.69) is 4.98 Å². The molecule has 1 aliphatic heterocycles. The van der Waals surface area contributed by atoms with Gasteiger partial charge >= 0.3 is 5.69 Å². The largest absolute Gasteiger partial charge is 0.391 e. The lowest BCUT2D eigenvalue weighted by molar-refractivity contribution is -0.167. The highest BCUT2D eigenvalue weighted by Crippen LogP contribution is 2.37. The first-order valence-corrected chi connectivity index (χ1v) is 6.66. The lowest BCUT2D eigenvalue weighted by Gasteiger charge is -2.27. The van der Waals surface area contributed by atoms with Crippen molar-refractivity contribution in [1.29, 1.82) is 0 Å². The molecule has 1 aliphatic rings. The Morgan fingerprint density at radius 1 is 1.52 bits per heavy atom. The maximum Gasteiger partial charge on any atom is 0.351 e. The fourth-order valence-electron chi connectivity index (χ4n) is 2.44. The molecule has 8 heteroatoms. The molecule has 8 nitrogen and oxygen atoms in total. The molecule has 118 valence electrons. The number of hydrogen-bond acceptors (Lipinski definition) is 7. The van der Waals surface area contributed by atoms with Gasteiger partial charge in [0.15, 0.2) is 12.0 Å². The number of nitrogens with two attached hydrogens (primary N) is 1. The standard InChI is InChI=1S/C13H21N3O5/c1-7(17)9(19-4)10-11(21-13(2,3)20-10)16-6-5-8(14)15-12(16)18/h5-7,9-11,17H,1-4H3,(H2,14,15,18)/t7-,9-,10+,11-/m0/s1. The zero-order valence-electron chi connectivity index (χ0n) is 12.5. The van der Waals surface area contributed by atoms with E-state index in [1.807, 2.05) is 0 Å². The van der Waals surface area contributed by atoms with Crippen LogP contribution in [0.3, 0.4) is 0 Å². The summed E-state index contributed by atoms with van der Waals surface area (Å²) in [5.74, 6) is -0.785. The van der Waals surface area contributed by atoms with Crippen LogP contribution in [0.15, 0.2) is 17.1 Å². The summed E-state index contributed by atoms with van der Waals surface area (Å²) in [7, 11) is 1.47. The minimum Gasteiger partial charge on any atom is -0.391 e. The molecule has 0 spiro atoms. The third-order valence-electron chi connectivity index (χ3n) is 3.30. The number of ether oxygens (including phenoxy) is 3. The van der Waals surface area contributed by atoms with Gasteiger partial charge in [-0.25, -0.2) is 4.79 Å². The number of nitrogen functional groups attached to an aromatic ring is 1. The first-order valence-electron chi connectivity index (χ1n) is 6.66. The summed E-state index contributed by atoms with van der Waals surface area (Å²) in [6, 6.07) is 1.50. The first kappa shape index (κ1) is 15.9. The van der Waals surface area contributed by atoms with Crippen LogP contribution in [0.5, 0.6) is 0 Å². The number of anilines is 1. The molecule has 0 aromatic carbocycles. The molecule has 1 saturated heterocycles. The number of aliphatic hydroxyl groups is 1. The van der Waals surface area contributed by atoms with Gasteiger partial charge < -0.3 is 25.1 Å². The van der Waals surface area contributed by atoms with E-state index in [1.54, 1.807) is 20.8 Å². The average molecular weight is 299 g/mol. The Balaban J connectivity index is 2.41. The highest BCUT2D eigenvalue weighted by molar-refractivity contribution is 5.23. The molecule has 21 heavy (non-hydrogen) atoms. The van der Waals surface area contributed by atoms with Gasteiger partial charge in [0.2, 0.25) is 0 Å². The maximum atomic E-state index is 12.0. The second-order valence-electron chi connectivity index (χ2n) is 5.47. The maximum absolute atomic E-state index is 12.0. The number of aliphatic hydroxyl groups excluding tert-OH is 1.